The minimum atomic E-state index is -0.395. The van der Waals surface area contributed by atoms with Gasteiger partial charge in [0.05, 0.1) is 0 Å². The summed E-state index contributed by atoms with van der Waals surface area (Å²) in [6.45, 7) is 0. The van der Waals surface area contributed by atoms with Crippen LogP contribution in [0.1, 0.15) is 33.4 Å². The average molecular weight is 679 g/mol. The minimum Gasteiger partial charge on any atom is -0.457 e. The predicted octanol–water partition coefficient (Wildman–Crippen LogP) is 13.3. The van der Waals surface area contributed by atoms with Crippen LogP contribution in [-0.4, -0.2) is 0 Å². The first-order chi connectivity index (χ1) is 26.2. The lowest BCUT2D eigenvalue weighted by molar-refractivity contribution is 0.391. The summed E-state index contributed by atoms with van der Waals surface area (Å²) in [5, 5.41) is 7.58. The highest BCUT2D eigenvalue weighted by Crippen LogP contribution is 2.55. The monoisotopic (exact) mass is 678 g/mol. The molecule has 10 rings (SSSR count). The van der Waals surface area contributed by atoms with Gasteiger partial charge in [-0.3, -0.25) is 0 Å². The molecule has 0 aliphatic carbocycles. The first-order valence-corrected chi connectivity index (χ1v) is 18.6. The first kappa shape index (κ1) is 31.3. The Morgan fingerprint density at radius 2 is 0.887 bits per heavy atom. The van der Waals surface area contributed by atoms with Gasteiger partial charge in [0, 0.05) is 16.5 Å². The molecular weight excluding hydrogens is 641 g/mol. The summed E-state index contributed by atoms with van der Waals surface area (Å²) in [5.41, 5.74) is 9.98. The molecule has 1 aliphatic rings. The van der Waals surface area contributed by atoms with Crippen molar-refractivity contribution in [2.75, 3.05) is 0 Å². The highest BCUT2D eigenvalue weighted by atomic mass is 16.5. The van der Waals surface area contributed by atoms with Crippen molar-refractivity contribution in [2.45, 2.75) is 24.7 Å². The molecule has 0 fully saturated rings. The quantitative estimate of drug-likeness (QED) is 0.163. The first-order valence-electron chi connectivity index (χ1n) is 18.6. The van der Waals surface area contributed by atoms with E-state index < -0.39 is 5.41 Å². The maximum atomic E-state index is 6.89. The van der Waals surface area contributed by atoms with Crippen LogP contribution in [0.25, 0.3) is 43.4 Å². The molecule has 1 heteroatoms. The molecule has 0 spiro atoms. The molecular formula is C52H38O. The zero-order valence-corrected chi connectivity index (χ0v) is 29.5. The zero-order chi connectivity index (χ0) is 35.2. The van der Waals surface area contributed by atoms with Crippen molar-refractivity contribution >= 4 is 32.3 Å². The summed E-state index contributed by atoms with van der Waals surface area (Å²) in [6.07, 6.45) is 2.55. The van der Waals surface area contributed by atoms with E-state index in [1.807, 2.05) is 0 Å². The summed E-state index contributed by atoms with van der Waals surface area (Å²) < 4.78 is 6.89. The van der Waals surface area contributed by atoms with Gasteiger partial charge in [-0.15, -0.1) is 0 Å². The van der Waals surface area contributed by atoms with Crippen molar-refractivity contribution in [2.24, 2.45) is 0 Å². The lowest BCUT2D eigenvalue weighted by atomic mass is 9.63. The summed E-state index contributed by atoms with van der Waals surface area (Å²) >= 11 is 0. The Morgan fingerprint density at radius 1 is 0.377 bits per heavy atom. The van der Waals surface area contributed by atoms with Gasteiger partial charge in [0.2, 0.25) is 0 Å². The molecule has 9 aromatic carbocycles. The zero-order valence-electron chi connectivity index (χ0n) is 29.5. The SMILES string of the molecule is c1ccc(CC2(Cc3ccc(Cc4cccc5cccc(-c6ccccc6)c45)cc3)c3c(ccc4ccccc34)Oc3ccc4ccccc4c32)cc1. The molecule has 252 valence electrons. The molecule has 1 aliphatic heterocycles. The van der Waals surface area contributed by atoms with Gasteiger partial charge in [0.25, 0.3) is 0 Å². The van der Waals surface area contributed by atoms with Gasteiger partial charge in [0.15, 0.2) is 0 Å². The van der Waals surface area contributed by atoms with Gasteiger partial charge in [-0.1, -0.05) is 182 Å². The Labute approximate surface area is 310 Å². The topological polar surface area (TPSA) is 9.23 Å². The van der Waals surface area contributed by atoms with Crippen LogP contribution in [0.5, 0.6) is 11.5 Å². The Morgan fingerprint density at radius 3 is 1.53 bits per heavy atom. The van der Waals surface area contributed by atoms with Crippen LogP contribution in [0.4, 0.5) is 0 Å². The van der Waals surface area contributed by atoms with E-state index in [1.165, 1.54) is 76.8 Å². The lowest BCUT2D eigenvalue weighted by Gasteiger charge is -2.42. The summed E-state index contributed by atoms with van der Waals surface area (Å²) in [6, 6.07) is 71.0. The van der Waals surface area contributed by atoms with Crippen molar-refractivity contribution in [1.82, 2.24) is 0 Å². The maximum Gasteiger partial charge on any atom is 0.132 e. The van der Waals surface area contributed by atoms with Crippen LogP contribution < -0.4 is 4.74 Å². The molecule has 1 heterocycles. The Hall–Kier alpha value is -6.44. The molecule has 0 amide bonds. The third kappa shape index (κ3) is 5.48. The number of hydrogen-bond donors (Lipinski definition) is 0. The molecule has 53 heavy (non-hydrogen) atoms. The summed E-state index contributed by atoms with van der Waals surface area (Å²) in [5.74, 6) is 1.90. The molecule has 0 aromatic heterocycles. The normalized spacial score (nSPS) is 13.1. The standard InChI is InChI=1S/C52H38O/c1-3-13-37(14-4-1)34-52(50-45-22-9-7-17-40(45)29-31-47(50)53-48-32-30-41-18-8-10-23-46(41)51(48)52)35-38-27-25-36(26-28-38)33-43-21-11-19-42-20-12-24-44(49(42)43)39-15-5-2-6-16-39/h1-32H,33-35H2. The molecule has 0 atom stereocenters. The van der Waals surface area contributed by atoms with E-state index in [1.54, 1.807) is 0 Å². The smallest absolute Gasteiger partial charge is 0.132 e. The number of rotatable bonds is 7. The van der Waals surface area contributed by atoms with Gasteiger partial charge in [-0.25, -0.2) is 0 Å². The van der Waals surface area contributed by atoms with E-state index in [9.17, 15) is 0 Å². The van der Waals surface area contributed by atoms with E-state index in [-0.39, 0.29) is 0 Å². The van der Waals surface area contributed by atoms with E-state index >= 15 is 0 Å². The molecule has 0 unspecified atom stereocenters. The van der Waals surface area contributed by atoms with Crippen molar-refractivity contribution in [3.8, 4) is 22.6 Å². The van der Waals surface area contributed by atoms with Gasteiger partial charge < -0.3 is 4.74 Å². The second kappa shape index (κ2) is 13.0. The van der Waals surface area contributed by atoms with Crippen molar-refractivity contribution < 1.29 is 4.74 Å². The van der Waals surface area contributed by atoms with Gasteiger partial charge in [-0.05, 0) is 97.1 Å². The second-order valence-corrected chi connectivity index (χ2v) is 14.5. The fourth-order valence-electron chi connectivity index (χ4n) is 9.03. The van der Waals surface area contributed by atoms with E-state index in [4.69, 9.17) is 4.74 Å². The van der Waals surface area contributed by atoms with Gasteiger partial charge >= 0.3 is 0 Å². The Kier molecular flexibility index (Phi) is 7.65. The highest BCUT2D eigenvalue weighted by Gasteiger charge is 2.44. The molecule has 9 aromatic rings. The van der Waals surface area contributed by atoms with Crippen LogP contribution in [0.15, 0.2) is 194 Å². The third-order valence-corrected chi connectivity index (χ3v) is 11.3. The lowest BCUT2D eigenvalue weighted by Crippen LogP contribution is -2.37. The number of benzene rings is 9. The highest BCUT2D eigenvalue weighted by molar-refractivity contribution is 5.99. The number of fused-ring (bicyclic) bond motifs is 7. The van der Waals surface area contributed by atoms with Crippen LogP contribution in [0.2, 0.25) is 0 Å². The predicted molar refractivity (Wildman–Crippen MR) is 221 cm³/mol. The third-order valence-electron chi connectivity index (χ3n) is 11.3. The average Bonchev–Trinajstić information content (AvgIpc) is 3.22. The van der Waals surface area contributed by atoms with Crippen LogP contribution >= 0.6 is 0 Å². The minimum absolute atomic E-state index is 0.395. The Balaban J connectivity index is 1.12. The van der Waals surface area contributed by atoms with Crippen LogP contribution in [-0.2, 0) is 24.7 Å². The molecule has 0 saturated heterocycles. The fraction of sp³-hybridized carbons (Fsp3) is 0.0769. The largest absolute Gasteiger partial charge is 0.457 e. The molecule has 0 saturated carbocycles. The fourth-order valence-corrected chi connectivity index (χ4v) is 9.03. The molecule has 0 radical (unpaired) electrons. The maximum absolute atomic E-state index is 6.89. The van der Waals surface area contributed by atoms with E-state index in [0.717, 1.165) is 30.8 Å². The van der Waals surface area contributed by atoms with Gasteiger partial charge in [-0.2, -0.15) is 0 Å². The molecule has 0 N–H and O–H groups in total. The van der Waals surface area contributed by atoms with Crippen molar-refractivity contribution in [3.63, 3.8) is 0 Å². The molecule has 0 bridgehead atoms. The number of ether oxygens (including phenoxy) is 1. The molecule has 1 nitrogen and oxygen atoms in total. The van der Waals surface area contributed by atoms with E-state index in [0.29, 0.717) is 0 Å². The number of hydrogen-bond acceptors (Lipinski definition) is 1. The van der Waals surface area contributed by atoms with Gasteiger partial charge in [0.1, 0.15) is 11.5 Å². The second-order valence-electron chi connectivity index (χ2n) is 14.5. The Bertz CT molecular complexity index is 2670. The van der Waals surface area contributed by atoms with E-state index in [2.05, 4.69) is 194 Å². The van der Waals surface area contributed by atoms with Crippen LogP contribution in [0.3, 0.4) is 0 Å². The van der Waals surface area contributed by atoms with Crippen molar-refractivity contribution in [3.05, 3.63) is 228 Å². The van der Waals surface area contributed by atoms with Crippen molar-refractivity contribution in [1.29, 1.82) is 0 Å². The summed E-state index contributed by atoms with van der Waals surface area (Å²) in [7, 11) is 0. The van der Waals surface area contributed by atoms with Crippen LogP contribution in [0, 0.1) is 0 Å². The summed E-state index contributed by atoms with van der Waals surface area (Å²) in [4.78, 5) is 0.